The Bertz CT molecular complexity index is 403. The Balaban J connectivity index is 2.40. The predicted molar refractivity (Wildman–Crippen MR) is 60.6 cm³/mol. The number of carbonyl (C=O) groups excluding carboxylic acids is 1. The lowest BCUT2D eigenvalue weighted by Gasteiger charge is -2.35. The highest BCUT2D eigenvalue weighted by molar-refractivity contribution is 5.98. The van der Waals surface area contributed by atoms with Crippen LogP contribution < -0.4 is 9.64 Å². The van der Waals surface area contributed by atoms with Gasteiger partial charge in [-0.15, -0.1) is 0 Å². The largest absolute Gasteiger partial charge is 0.482 e. The van der Waals surface area contributed by atoms with Crippen molar-refractivity contribution in [3.8, 4) is 5.75 Å². The summed E-state index contributed by atoms with van der Waals surface area (Å²) >= 11 is 0. The van der Waals surface area contributed by atoms with Gasteiger partial charge in [-0.3, -0.25) is 4.79 Å². The molecule has 1 N–H and O–H groups in total. The standard InChI is InChI=1S/C12H15NO3/c1-8(9(2)14)13-10-5-3-4-6-11(10)16-7-12(13)15/h3-6,8-9,14H,7H2,1-2H3. The Morgan fingerprint density at radius 3 is 2.75 bits per heavy atom. The summed E-state index contributed by atoms with van der Waals surface area (Å²) in [6, 6.07) is 7.11. The molecule has 16 heavy (non-hydrogen) atoms. The molecule has 4 nitrogen and oxygen atoms in total. The third-order valence-electron chi connectivity index (χ3n) is 2.85. The van der Waals surface area contributed by atoms with Crippen molar-refractivity contribution >= 4 is 11.6 Å². The zero-order valence-electron chi connectivity index (χ0n) is 9.38. The number of fused-ring (bicyclic) bond motifs is 1. The van der Waals surface area contributed by atoms with Crippen LogP contribution in [0.2, 0.25) is 0 Å². The maximum absolute atomic E-state index is 11.8. The van der Waals surface area contributed by atoms with Crippen molar-refractivity contribution in [2.45, 2.75) is 26.0 Å². The third-order valence-corrected chi connectivity index (χ3v) is 2.85. The van der Waals surface area contributed by atoms with Crippen LogP contribution in [0, 0.1) is 0 Å². The normalized spacial score (nSPS) is 18.7. The maximum atomic E-state index is 11.8. The minimum atomic E-state index is -0.574. The molecule has 0 saturated heterocycles. The first-order valence-electron chi connectivity index (χ1n) is 5.33. The van der Waals surface area contributed by atoms with Crippen molar-refractivity contribution < 1.29 is 14.6 Å². The number of nitrogens with zero attached hydrogens (tertiary/aromatic N) is 1. The van der Waals surface area contributed by atoms with Crippen molar-refractivity contribution in [2.75, 3.05) is 11.5 Å². The molecule has 1 amide bonds. The Labute approximate surface area is 94.4 Å². The monoisotopic (exact) mass is 221 g/mol. The lowest BCUT2D eigenvalue weighted by molar-refractivity contribution is -0.122. The molecule has 0 radical (unpaired) electrons. The molecule has 1 heterocycles. The Morgan fingerprint density at radius 1 is 1.38 bits per heavy atom. The lowest BCUT2D eigenvalue weighted by atomic mass is 10.1. The van der Waals surface area contributed by atoms with Crippen LogP contribution in [0.3, 0.4) is 0 Å². The number of aliphatic hydroxyl groups excluding tert-OH is 1. The Kier molecular flexibility index (Phi) is 2.83. The van der Waals surface area contributed by atoms with Crippen molar-refractivity contribution in [1.82, 2.24) is 0 Å². The van der Waals surface area contributed by atoms with E-state index in [2.05, 4.69) is 0 Å². The van der Waals surface area contributed by atoms with Crippen LogP contribution in [0.4, 0.5) is 5.69 Å². The maximum Gasteiger partial charge on any atom is 0.265 e. The van der Waals surface area contributed by atoms with Gasteiger partial charge in [0.1, 0.15) is 5.75 Å². The van der Waals surface area contributed by atoms with Crippen LogP contribution in [-0.2, 0) is 4.79 Å². The molecule has 1 aromatic rings. The minimum absolute atomic E-state index is 0.0358. The van der Waals surface area contributed by atoms with Gasteiger partial charge in [0, 0.05) is 0 Å². The van der Waals surface area contributed by atoms with E-state index in [1.54, 1.807) is 11.8 Å². The molecule has 0 spiro atoms. The first-order chi connectivity index (χ1) is 7.61. The average Bonchev–Trinajstić information content (AvgIpc) is 2.28. The van der Waals surface area contributed by atoms with Gasteiger partial charge in [0.2, 0.25) is 0 Å². The van der Waals surface area contributed by atoms with Crippen LogP contribution in [0.25, 0.3) is 0 Å². The van der Waals surface area contributed by atoms with Crippen LogP contribution in [0.15, 0.2) is 24.3 Å². The van der Waals surface area contributed by atoms with E-state index < -0.39 is 6.10 Å². The average molecular weight is 221 g/mol. The van der Waals surface area contributed by atoms with Crippen molar-refractivity contribution in [3.63, 3.8) is 0 Å². The number of amides is 1. The van der Waals surface area contributed by atoms with Crippen molar-refractivity contribution in [1.29, 1.82) is 0 Å². The van der Waals surface area contributed by atoms with Crippen LogP contribution >= 0.6 is 0 Å². The molecule has 0 aliphatic carbocycles. The molecular formula is C12H15NO3. The summed E-state index contributed by atoms with van der Waals surface area (Å²) in [6.07, 6.45) is -0.574. The summed E-state index contributed by atoms with van der Waals surface area (Å²) in [6.45, 7) is 3.54. The van der Waals surface area contributed by atoms with Crippen molar-refractivity contribution in [2.24, 2.45) is 0 Å². The number of aliphatic hydroxyl groups is 1. The predicted octanol–water partition coefficient (Wildman–Crippen LogP) is 1.18. The molecular weight excluding hydrogens is 206 g/mol. The third kappa shape index (κ3) is 1.76. The quantitative estimate of drug-likeness (QED) is 0.815. The summed E-state index contributed by atoms with van der Waals surface area (Å²) in [7, 11) is 0. The molecule has 1 aromatic carbocycles. The fourth-order valence-corrected chi connectivity index (χ4v) is 1.78. The van der Waals surface area contributed by atoms with Crippen LogP contribution in [0.1, 0.15) is 13.8 Å². The number of benzene rings is 1. The Hall–Kier alpha value is -1.55. The van der Waals surface area contributed by atoms with Gasteiger partial charge in [-0.2, -0.15) is 0 Å². The highest BCUT2D eigenvalue weighted by atomic mass is 16.5. The molecule has 0 fully saturated rings. The number of carbonyl (C=O) groups is 1. The van der Waals surface area contributed by atoms with E-state index >= 15 is 0 Å². The number of ether oxygens (including phenoxy) is 1. The highest BCUT2D eigenvalue weighted by Crippen LogP contribution is 2.33. The lowest BCUT2D eigenvalue weighted by Crippen LogP contribution is -2.48. The molecule has 1 aliphatic heterocycles. The van der Waals surface area contributed by atoms with Crippen molar-refractivity contribution in [3.05, 3.63) is 24.3 Å². The number of anilines is 1. The van der Waals surface area contributed by atoms with E-state index in [0.717, 1.165) is 5.69 Å². The molecule has 2 atom stereocenters. The van der Waals surface area contributed by atoms with Gasteiger partial charge in [-0.1, -0.05) is 12.1 Å². The van der Waals surface area contributed by atoms with Gasteiger partial charge in [0.25, 0.3) is 5.91 Å². The van der Waals surface area contributed by atoms with Gasteiger partial charge >= 0.3 is 0 Å². The summed E-state index contributed by atoms with van der Waals surface area (Å²) < 4.78 is 5.32. The smallest absolute Gasteiger partial charge is 0.265 e. The Morgan fingerprint density at radius 2 is 2.06 bits per heavy atom. The van der Waals surface area contributed by atoms with Gasteiger partial charge in [-0.25, -0.2) is 0 Å². The second-order valence-corrected chi connectivity index (χ2v) is 4.00. The number of hydrogen-bond acceptors (Lipinski definition) is 3. The fraction of sp³-hybridized carbons (Fsp3) is 0.417. The van der Waals surface area contributed by atoms with Crippen LogP contribution in [0.5, 0.6) is 5.75 Å². The van der Waals surface area contributed by atoms with Gasteiger partial charge < -0.3 is 14.7 Å². The zero-order valence-corrected chi connectivity index (χ0v) is 9.38. The van der Waals surface area contributed by atoms with Gasteiger partial charge in [0.15, 0.2) is 6.61 Å². The van der Waals surface area contributed by atoms with Gasteiger partial charge in [0.05, 0.1) is 17.8 Å². The molecule has 86 valence electrons. The summed E-state index contributed by atoms with van der Waals surface area (Å²) in [5, 5.41) is 9.58. The first-order valence-corrected chi connectivity index (χ1v) is 5.33. The summed E-state index contributed by atoms with van der Waals surface area (Å²) in [5.41, 5.74) is 0.729. The van der Waals surface area contributed by atoms with E-state index in [9.17, 15) is 9.90 Å². The molecule has 0 bridgehead atoms. The van der Waals surface area contributed by atoms with E-state index in [1.165, 1.54) is 0 Å². The van der Waals surface area contributed by atoms with E-state index in [1.807, 2.05) is 31.2 Å². The number of rotatable bonds is 2. The molecule has 0 saturated carbocycles. The van der Waals surface area contributed by atoms with E-state index in [4.69, 9.17) is 4.74 Å². The van der Waals surface area contributed by atoms with Gasteiger partial charge in [-0.05, 0) is 26.0 Å². The second kappa shape index (κ2) is 4.14. The number of para-hydroxylation sites is 2. The van der Waals surface area contributed by atoms with E-state index in [0.29, 0.717) is 5.75 Å². The molecule has 0 aromatic heterocycles. The summed E-state index contributed by atoms with van der Waals surface area (Å²) in [5.74, 6) is 0.571. The highest BCUT2D eigenvalue weighted by Gasteiger charge is 2.31. The second-order valence-electron chi connectivity index (χ2n) is 4.00. The molecule has 2 rings (SSSR count). The van der Waals surface area contributed by atoms with E-state index in [-0.39, 0.29) is 18.6 Å². The molecule has 4 heteroatoms. The SMILES string of the molecule is CC(O)C(C)N1C(=O)COc2ccccc21. The fourth-order valence-electron chi connectivity index (χ4n) is 1.78. The molecule has 2 unspecified atom stereocenters. The summed E-state index contributed by atoms with van der Waals surface area (Å²) in [4.78, 5) is 13.4. The molecule has 1 aliphatic rings. The first kappa shape index (κ1) is 11.0. The minimum Gasteiger partial charge on any atom is -0.482 e. The van der Waals surface area contributed by atoms with Crippen LogP contribution in [-0.4, -0.2) is 29.8 Å². The zero-order chi connectivity index (χ0) is 11.7. The number of hydrogen-bond donors (Lipinski definition) is 1. The topological polar surface area (TPSA) is 49.8 Å².